The van der Waals surface area contributed by atoms with Crippen molar-refractivity contribution in [3.05, 3.63) is 35.4 Å². The third kappa shape index (κ3) is 4.81. The molecule has 4 nitrogen and oxygen atoms in total. The van der Waals surface area contributed by atoms with Gasteiger partial charge in [0.1, 0.15) is 0 Å². The molecule has 1 aromatic rings. The topological polar surface area (TPSA) is 46.6 Å². The number of carbonyl (C=O) groups excluding carboxylic acids is 2. The Morgan fingerprint density at radius 3 is 2.57 bits per heavy atom. The van der Waals surface area contributed by atoms with Gasteiger partial charge in [0, 0.05) is 13.1 Å². The molecule has 1 fully saturated rings. The number of hydrogen-bond acceptors (Lipinski definition) is 3. The van der Waals surface area contributed by atoms with Crippen LogP contribution in [-0.4, -0.2) is 36.5 Å². The maximum Gasteiger partial charge on any atom is 0.310 e. The lowest BCUT2D eigenvalue weighted by Crippen LogP contribution is -2.43. The zero-order valence-electron chi connectivity index (χ0n) is 14.4. The van der Waals surface area contributed by atoms with E-state index in [2.05, 4.69) is 26.0 Å². The number of amides is 1. The molecule has 0 N–H and O–H groups in total. The van der Waals surface area contributed by atoms with Crippen LogP contribution in [0.3, 0.4) is 0 Å². The van der Waals surface area contributed by atoms with Crippen molar-refractivity contribution < 1.29 is 14.3 Å². The van der Waals surface area contributed by atoms with Gasteiger partial charge < -0.3 is 9.64 Å². The summed E-state index contributed by atoms with van der Waals surface area (Å²) in [7, 11) is 0. The minimum absolute atomic E-state index is 0.0938. The van der Waals surface area contributed by atoms with E-state index in [0.29, 0.717) is 25.5 Å². The molecule has 1 aliphatic rings. The van der Waals surface area contributed by atoms with Gasteiger partial charge in [-0.3, -0.25) is 9.59 Å². The molecule has 1 aliphatic heterocycles. The second-order valence-electron chi connectivity index (χ2n) is 6.50. The average Bonchev–Trinajstić information content (AvgIpc) is 2.55. The first-order valence-corrected chi connectivity index (χ1v) is 8.54. The Kier molecular flexibility index (Phi) is 6.20. The zero-order chi connectivity index (χ0) is 16.8. The van der Waals surface area contributed by atoms with E-state index in [-0.39, 0.29) is 17.8 Å². The summed E-state index contributed by atoms with van der Waals surface area (Å²) in [5.41, 5.74) is 2.30. The molecule has 0 aromatic heterocycles. The van der Waals surface area contributed by atoms with Crippen molar-refractivity contribution in [3.8, 4) is 0 Å². The van der Waals surface area contributed by atoms with Crippen molar-refractivity contribution in [1.29, 1.82) is 0 Å². The van der Waals surface area contributed by atoms with E-state index in [1.54, 1.807) is 4.90 Å². The molecule has 1 saturated heterocycles. The number of rotatable bonds is 5. The van der Waals surface area contributed by atoms with Crippen LogP contribution < -0.4 is 0 Å². The van der Waals surface area contributed by atoms with Crippen LogP contribution in [0.2, 0.25) is 0 Å². The third-order valence-corrected chi connectivity index (χ3v) is 4.40. The Morgan fingerprint density at radius 2 is 1.96 bits per heavy atom. The number of hydrogen-bond donors (Lipinski definition) is 0. The molecule has 1 atom stereocenters. The van der Waals surface area contributed by atoms with E-state index in [0.717, 1.165) is 24.9 Å². The van der Waals surface area contributed by atoms with Crippen molar-refractivity contribution in [2.24, 2.45) is 5.92 Å². The molecule has 1 unspecified atom stereocenters. The van der Waals surface area contributed by atoms with E-state index in [4.69, 9.17) is 4.74 Å². The monoisotopic (exact) mass is 317 g/mol. The molecule has 0 radical (unpaired) electrons. The molecule has 23 heavy (non-hydrogen) atoms. The highest BCUT2D eigenvalue weighted by Gasteiger charge is 2.29. The first kappa shape index (κ1) is 17.5. The van der Waals surface area contributed by atoms with Gasteiger partial charge in [-0.2, -0.15) is 0 Å². The van der Waals surface area contributed by atoms with Gasteiger partial charge in [0.25, 0.3) is 0 Å². The second kappa shape index (κ2) is 8.14. The summed E-state index contributed by atoms with van der Waals surface area (Å²) in [6.07, 6.45) is 2.07. The maximum absolute atomic E-state index is 12.5. The average molecular weight is 317 g/mol. The molecule has 0 bridgehead atoms. The summed E-state index contributed by atoms with van der Waals surface area (Å²) in [6.45, 7) is 7.74. The van der Waals surface area contributed by atoms with Crippen LogP contribution in [0.15, 0.2) is 24.3 Å². The molecule has 0 saturated carbocycles. The van der Waals surface area contributed by atoms with Crippen LogP contribution in [0.1, 0.15) is 50.7 Å². The number of ether oxygens (including phenoxy) is 1. The van der Waals surface area contributed by atoms with Gasteiger partial charge in [-0.1, -0.05) is 38.1 Å². The van der Waals surface area contributed by atoms with E-state index in [1.807, 2.05) is 19.1 Å². The van der Waals surface area contributed by atoms with Gasteiger partial charge in [-0.15, -0.1) is 0 Å². The fourth-order valence-electron chi connectivity index (χ4n) is 2.96. The molecular formula is C19H27NO3. The molecule has 1 aromatic carbocycles. The Labute approximate surface area is 138 Å². The van der Waals surface area contributed by atoms with Crippen molar-refractivity contribution in [2.45, 2.75) is 46.0 Å². The maximum atomic E-state index is 12.5. The minimum Gasteiger partial charge on any atom is -0.466 e. The highest BCUT2D eigenvalue weighted by molar-refractivity contribution is 5.80. The van der Waals surface area contributed by atoms with E-state index < -0.39 is 0 Å². The lowest BCUT2D eigenvalue weighted by Gasteiger charge is -2.31. The fourth-order valence-corrected chi connectivity index (χ4v) is 2.96. The smallest absolute Gasteiger partial charge is 0.310 e. The molecule has 126 valence electrons. The van der Waals surface area contributed by atoms with Gasteiger partial charge in [0.2, 0.25) is 5.91 Å². The summed E-state index contributed by atoms with van der Waals surface area (Å²) >= 11 is 0. The lowest BCUT2D eigenvalue weighted by atomic mass is 9.97. The number of benzene rings is 1. The number of piperidine rings is 1. The predicted molar refractivity (Wildman–Crippen MR) is 90.2 cm³/mol. The van der Waals surface area contributed by atoms with Crippen molar-refractivity contribution in [1.82, 2.24) is 4.90 Å². The fraction of sp³-hybridized carbons (Fsp3) is 0.579. The van der Waals surface area contributed by atoms with Gasteiger partial charge in [0.15, 0.2) is 0 Å². The predicted octanol–water partition coefficient (Wildman–Crippen LogP) is 3.15. The molecular weight excluding hydrogens is 290 g/mol. The first-order chi connectivity index (χ1) is 11.0. The highest BCUT2D eigenvalue weighted by Crippen LogP contribution is 2.20. The second-order valence-corrected chi connectivity index (χ2v) is 6.50. The highest BCUT2D eigenvalue weighted by atomic mass is 16.5. The normalized spacial score (nSPS) is 18.1. The summed E-state index contributed by atoms with van der Waals surface area (Å²) in [5, 5.41) is 0. The molecule has 4 heteroatoms. The van der Waals surface area contributed by atoms with Crippen LogP contribution in [0, 0.1) is 5.92 Å². The minimum atomic E-state index is -0.175. The van der Waals surface area contributed by atoms with E-state index >= 15 is 0 Å². The van der Waals surface area contributed by atoms with Crippen LogP contribution in [0.5, 0.6) is 0 Å². The molecule has 0 aliphatic carbocycles. The number of carbonyl (C=O) groups is 2. The van der Waals surface area contributed by atoms with Crippen LogP contribution in [0.25, 0.3) is 0 Å². The van der Waals surface area contributed by atoms with Crippen LogP contribution in [0.4, 0.5) is 0 Å². The molecule has 2 rings (SSSR count). The molecule has 1 amide bonds. The van der Waals surface area contributed by atoms with E-state index in [9.17, 15) is 9.59 Å². The third-order valence-electron chi connectivity index (χ3n) is 4.40. The first-order valence-electron chi connectivity index (χ1n) is 8.54. The Morgan fingerprint density at radius 1 is 1.26 bits per heavy atom. The largest absolute Gasteiger partial charge is 0.466 e. The van der Waals surface area contributed by atoms with E-state index in [1.165, 1.54) is 5.56 Å². The quantitative estimate of drug-likeness (QED) is 0.784. The van der Waals surface area contributed by atoms with Gasteiger partial charge in [-0.25, -0.2) is 0 Å². The summed E-state index contributed by atoms with van der Waals surface area (Å²) in [4.78, 5) is 26.2. The zero-order valence-corrected chi connectivity index (χ0v) is 14.4. The van der Waals surface area contributed by atoms with Crippen molar-refractivity contribution in [3.63, 3.8) is 0 Å². The van der Waals surface area contributed by atoms with Gasteiger partial charge in [0.05, 0.1) is 18.9 Å². The Bertz CT molecular complexity index is 536. The number of esters is 1. The Hall–Kier alpha value is -1.84. The summed E-state index contributed by atoms with van der Waals surface area (Å²) < 4.78 is 5.09. The number of likely N-dealkylation sites (tertiary alicyclic amines) is 1. The summed E-state index contributed by atoms with van der Waals surface area (Å²) in [6, 6.07) is 8.23. The molecule has 0 spiro atoms. The summed E-state index contributed by atoms with van der Waals surface area (Å²) in [5.74, 6) is 0.241. The molecule has 1 heterocycles. The van der Waals surface area contributed by atoms with Gasteiger partial charge >= 0.3 is 5.97 Å². The standard InChI is InChI=1S/C19H27NO3/c1-4-23-19(22)17-6-5-11-20(13-17)18(21)12-15-7-9-16(10-8-15)14(2)3/h7-10,14,17H,4-6,11-13H2,1-3H3. The van der Waals surface area contributed by atoms with Crippen LogP contribution >= 0.6 is 0 Å². The van der Waals surface area contributed by atoms with Crippen LogP contribution in [-0.2, 0) is 20.7 Å². The van der Waals surface area contributed by atoms with Crippen molar-refractivity contribution >= 4 is 11.9 Å². The Balaban J connectivity index is 1.93. The van der Waals surface area contributed by atoms with Crippen molar-refractivity contribution in [2.75, 3.05) is 19.7 Å². The SMILES string of the molecule is CCOC(=O)C1CCCN(C(=O)Cc2ccc(C(C)C)cc2)C1. The number of nitrogens with zero attached hydrogens (tertiary/aromatic N) is 1. The lowest BCUT2D eigenvalue weighted by molar-refractivity contribution is -0.151. The van der Waals surface area contributed by atoms with Gasteiger partial charge in [-0.05, 0) is 36.8 Å².